The summed E-state index contributed by atoms with van der Waals surface area (Å²) < 4.78 is 0. The lowest BCUT2D eigenvalue weighted by Gasteiger charge is -2.13. The Morgan fingerprint density at radius 3 is 2.20 bits per heavy atom. The van der Waals surface area contributed by atoms with Gasteiger partial charge in [-0.05, 0) is 43.7 Å². The number of nitrogens with two attached hydrogens (primary N) is 1. The topological polar surface area (TPSA) is 38.9 Å². The number of benzene rings is 3. The van der Waals surface area contributed by atoms with E-state index >= 15 is 0 Å². The third-order valence-electron chi connectivity index (χ3n) is 4.56. The lowest BCUT2D eigenvalue weighted by atomic mass is 9.96. The number of rotatable bonds is 2. The summed E-state index contributed by atoms with van der Waals surface area (Å²) in [7, 11) is 0. The molecule has 1 heterocycles. The van der Waals surface area contributed by atoms with Gasteiger partial charge >= 0.3 is 0 Å². The molecule has 0 saturated carbocycles. The summed E-state index contributed by atoms with van der Waals surface area (Å²) in [5.41, 5.74) is 14.8. The normalized spacial score (nSPS) is 11.0. The van der Waals surface area contributed by atoms with Crippen LogP contribution in [-0.4, -0.2) is 4.98 Å². The summed E-state index contributed by atoms with van der Waals surface area (Å²) in [4.78, 5) is 4.89. The van der Waals surface area contributed by atoms with Crippen molar-refractivity contribution in [3.63, 3.8) is 0 Å². The van der Waals surface area contributed by atoms with Gasteiger partial charge in [-0.2, -0.15) is 0 Å². The highest BCUT2D eigenvalue weighted by atomic mass is 14.7. The molecule has 0 aliphatic heterocycles. The number of fused-ring (bicyclic) bond motifs is 1. The fourth-order valence-corrected chi connectivity index (χ4v) is 3.18. The predicted molar refractivity (Wildman–Crippen MR) is 107 cm³/mol. The van der Waals surface area contributed by atoms with Gasteiger partial charge in [0.2, 0.25) is 0 Å². The van der Waals surface area contributed by atoms with Crippen molar-refractivity contribution in [3.05, 3.63) is 83.9 Å². The molecule has 0 saturated heterocycles. The summed E-state index contributed by atoms with van der Waals surface area (Å²) >= 11 is 0. The van der Waals surface area contributed by atoms with Crippen molar-refractivity contribution >= 4 is 16.6 Å². The molecule has 0 fully saturated rings. The molecule has 2 heteroatoms. The van der Waals surface area contributed by atoms with Crippen LogP contribution in [-0.2, 0) is 0 Å². The molecule has 1 aromatic heterocycles. The SMILES string of the molecule is Cc1ccc(-c2cc(-c3ccccc3N)c3cc(C)ccc3n2)cc1. The van der Waals surface area contributed by atoms with Crippen molar-refractivity contribution < 1.29 is 0 Å². The van der Waals surface area contributed by atoms with E-state index in [1.165, 1.54) is 11.1 Å². The molecule has 122 valence electrons. The highest BCUT2D eigenvalue weighted by Crippen LogP contribution is 2.35. The molecule has 4 aromatic rings. The van der Waals surface area contributed by atoms with Crippen LogP contribution in [0.2, 0.25) is 0 Å². The fraction of sp³-hybridized carbons (Fsp3) is 0.0870. The summed E-state index contributed by atoms with van der Waals surface area (Å²) in [6, 6.07) is 25.0. The molecule has 2 nitrogen and oxygen atoms in total. The number of para-hydroxylation sites is 1. The van der Waals surface area contributed by atoms with Gasteiger partial charge in [-0.3, -0.25) is 0 Å². The second-order valence-corrected chi connectivity index (χ2v) is 6.53. The molecular formula is C23H20N2. The van der Waals surface area contributed by atoms with Crippen molar-refractivity contribution in [1.29, 1.82) is 0 Å². The second-order valence-electron chi connectivity index (χ2n) is 6.53. The van der Waals surface area contributed by atoms with Crippen molar-refractivity contribution in [3.8, 4) is 22.4 Å². The van der Waals surface area contributed by atoms with Gasteiger partial charge in [0.25, 0.3) is 0 Å². The highest BCUT2D eigenvalue weighted by molar-refractivity contribution is 5.99. The summed E-state index contributed by atoms with van der Waals surface area (Å²) in [6.45, 7) is 4.20. The van der Waals surface area contributed by atoms with Gasteiger partial charge in [0.1, 0.15) is 0 Å². The predicted octanol–water partition coefficient (Wildman–Crippen LogP) is 5.77. The molecule has 0 radical (unpaired) electrons. The largest absolute Gasteiger partial charge is 0.398 e. The van der Waals surface area contributed by atoms with E-state index in [0.717, 1.165) is 39.0 Å². The molecule has 0 amide bonds. The van der Waals surface area contributed by atoms with Crippen LogP contribution in [0.1, 0.15) is 11.1 Å². The van der Waals surface area contributed by atoms with Gasteiger partial charge in [0.15, 0.2) is 0 Å². The third kappa shape index (κ3) is 2.87. The van der Waals surface area contributed by atoms with Crippen molar-refractivity contribution in [2.24, 2.45) is 0 Å². The molecular weight excluding hydrogens is 304 g/mol. The van der Waals surface area contributed by atoms with Crippen LogP contribution in [0.5, 0.6) is 0 Å². The quantitative estimate of drug-likeness (QED) is 0.476. The van der Waals surface area contributed by atoms with E-state index in [-0.39, 0.29) is 0 Å². The number of hydrogen-bond acceptors (Lipinski definition) is 2. The maximum absolute atomic E-state index is 6.27. The number of pyridine rings is 1. The molecule has 0 bridgehead atoms. The van der Waals surface area contributed by atoms with E-state index < -0.39 is 0 Å². The minimum Gasteiger partial charge on any atom is -0.398 e. The van der Waals surface area contributed by atoms with Gasteiger partial charge < -0.3 is 5.73 Å². The lowest BCUT2D eigenvalue weighted by molar-refractivity contribution is 1.37. The van der Waals surface area contributed by atoms with E-state index in [1.54, 1.807) is 0 Å². The van der Waals surface area contributed by atoms with Gasteiger partial charge in [-0.1, -0.05) is 59.7 Å². The minimum atomic E-state index is 0.784. The minimum absolute atomic E-state index is 0.784. The van der Waals surface area contributed by atoms with Crippen LogP contribution in [0, 0.1) is 13.8 Å². The lowest BCUT2D eigenvalue weighted by Crippen LogP contribution is -1.94. The third-order valence-corrected chi connectivity index (χ3v) is 4.56. The van der Waals surface area contributed by atoms with Crippen LogP contribution in [0.4, 0.5) is 5.69 Å². The maximum Gasteiger partial charge on any atom is 0.0715 e. The molecule has 0 atom stereocenters. The van der Waals surface area contributed by atoms with E-state index in [4.69, 9.17) is 10.7 Å². The number of aryl methyl sites for hydroxylation is 2. The van der Waals surface area contributed by atoms with Crippen molar-refractivity contribution in [2.45, 2.75) is 13.8 Å². The van der Waals surface area contributed by atoms with Gasteiger partial charge in [0.05, 0.1) is 11.2 Å². The number of nitrogens with zero attached hydrogens (tertiary/aromatic N) is 1. The highest BCUT2D eigenvalue weighted by Gasteiger charge is 2.11. The van der Waals surface area contributed by atoms with Crippen LogP contribution in [0.15, 0.2) is 72.8 Å². The molecule has 0 unspecified atom stereocenters. The molecule has 3 aromatic carbocycles. The number of aromatic nitrogens is 1. The van der Waals surface area contributed by atoms with E-state index in [1.807, 2.05) is 18.2 Å². The summed E-state index contributed by atoms with van der Waals surface area (Å²) in [6.07, 6.45) is 0. The van der Waals surface area contributed by atoms with Crippen LogP contribution >= 0.6 is 0 Å². The molecule has 2 N–H and O–H groups in total. The number of hydrogen-bond donors (Lipinski definition) is 1. The van der Waals surface area contributed by atoms with Crippen LogP contribution < -0.4 is 5.73 Å². The Morgan fingerprint density at radius 1 is 0.720 bits per heavy atom. The van der Waals surface area contributed by atoms with Gasteiger partial charge in [0, 0.05) is 22.2 Å². The zero-order valence-corrected chi connectivity index (χ0v) is 14.5. The van der Waals surface area contributed by atoms with Gasteiger partial charge in [-0.25, -0.2) is 4.98 Å². The molecule has 0 aliphatic carbocycles. The standard InChI is InChI=1S/C23H20N2/c1-15-7-10-17(11-8-15)23-14-19(18-5-3-4-6-21(18)24)20-13-16(2)9-12-22(20)25-23/h3-14H,24H2,1-2H3. The number of anilines is 1. The zero-order valence-electron chi connectivity index (χ0n) is 14.5. The van der Waals surface area contributed by atoms with Crippen molar-refractivity contribution in [1.82, 2.24) is 4.98 Å². The first-order chi connectivity index (χ1) is 12.1. The zero-order chi connectivity index (χ0) is 17.4. The number of nitrogen functional groups attached to an aromatic ring is 1. The second kappa shape index (κ2) is 6.06. The molecule has 0 aliphatic rings. The smallest absolute Gasteiger partial charge is 0.0715 e. The first-order valence-electron chi connectivity index (χ1n) is 8.45. The average Bonchev–Trinajstić information content (AvgIpc) is 2.62. The Hall–Kier alpha value is -3.13. The first kappa shape index (κ1) is 15.4. The molecule has 0 spiro atoms. The van der Waals surface area contributed by atoms with E-state index in [9.17, 15) is 0 Å². The average molecular weight is 324 g/mol. The first-order valence-corrected chi connectivity index (χ1v) is 8.45. The van der Waals surface area contributed by atoms with E-state index in [0.29, 0.717) is 0 Å². The van der Waals surface area contributed by atoms with Crippen LogP contribution in [0.25, 0.3) is 33.3 Å². The Kier molecular flexibility index (Phi) is 3.73. The Labute approximate surface area is 148 Å². The van der Waals surface area contributed by atoms with Crippen molar-refractivity contribution in [2.75, 3.05) is 5.73 Å². The molecule has 4 rings (SSSR count). The van der Waals surface area contributed by atoms with Gasteiger partial charge in [-0.15, -0.1) is 0 Å². The Morgan fingerprint density at radius 2 is 1.44 bits per heavy atom. The monoisotopic (exact) mass is 324 g/mol. The maximum atomic E-state index is 6.27. The van der Waals surface area contributed by atoms with E-state index in [2.05, 4.69) is 68.4 Å². The Bertz CT molecular complexity index is 1060. The summed E-state index contributed by atoms with van der Waals surface area (Å²) in [5, 5.41) is 1.13. The summed E-state index contributed by atoms with van der Waals surface area (Å²) in [5.74, 6) is 0. The molecule has 25 heavy (non-hydrogen) atoms. The Balaban J connectivity index is 2.03. The van der Waals surface area contributed by atoms with Crippen LogP contribution in [0.3, 0.4) is 0 Å². The fourth-order valence-electron chi connectivity index (χ4n) is 3.18.